The SMILES string of the molecule is CN(C)CCNc1nc2c3c(c(Cl)c(Br)cc3n1)OC[C@@H]1CN(C(=O)OC(C)(C)C)CCN21. The van der Waals surface area contributed by atoms with Gasteiger partial charge in [-0.1, -0.05) is 11.6 Å². The Morgan fingerprint density at radius 3 is 2.82 bits per heavy atom. The molecule has 0 aliphatic carbocycles. The van der Waals surface area contributed by atoms with Crippen molar-refractivity contribution < 1.29 is 14.3 Å². The van der Waals surface area contributed by atoms with Gasteiger partial charge in [-0.3, -0.25) is 0 Å². The van der Waals surface area contributed by atoms with Crippen molar-refractivity contribution in [3.8, 4) is 5.75 Å². The molecule has 1 aromatic carbocycles. The largest absolute Gasteiger partial charge is 0.489 e. The first-order chi connectivity index (χ1) is 15.5. The Morgan fingerprint density at radius 2 is 2.12 bits per heavy atom. The van der Waals surface area contributed by atoms with Gasteiger partial charge in [0.15, 0.2) is 5.75 Å². The third-order valence-electron chi connectivity index (χ3n) is 5.49. The second-order valence-electron chi connectivity index (χ2n) is 9.58. The van der Waals surface area contributed by atoms with Gasteiger partial charge in [0, 0.05) is 37.2 Å². The molecule has 2 aliphatic rings. The summed E-state index contributed by atoms with van der Waals surface area (Å²) in [6, 6.07) is 1.80. The fourth-order valence-electron chi connectivity index (χ4n) is 3.95. The second-order valence-corrected chi connectivity index (χ2v) is 10.8. The number of benzene rings is 1. The van der Waals surface area contributed by atoms with E-state index in [1.165, 1.54) is 0 Å². The first-order valence-corrected chi connectivity index (χ1v) is 12.2. The van der Waals surface area contributed by atoms with Crippen LogP contribution in [0.2, 0.25) is 5.02 Å². The van der Waals surface area contributed by atoms with E-state index in [1.54, 1.807) is 4.90 Å². The van der Waals surface area contributed by atoms with Gasteiger partial charge in [-0.05, 0) is 56.9 Å². The highest BCUT2D eigenvalue weighted by Gasteiger charge is 2.37. The number of amides is 1. The minimum absolute atomic E-state index is 0.0961. The van der Waals surface area contributed by atoms with E-state index in [0.717, 1.165) is 23.3 Å². The molecule has 1 N–H and O–H groups in total. The normalized spacial score (nSPS) is 18.1. The lowest BCUT2D eigenvalue weighted by Gasteiger charge is -2.41. The molecule has 0 radical (unpaired) electrons. The molecular formula is C22H30BrClN6O3. The monoisotopic (exact) mass is 540 g/mol. The van der Waals surface area contributed by atoms with Gasteiger partial charge in [-0.15, -0.1) is 0 Å². The lowest BCUT2D eigenvalue weighted by Crippen LogP contribution is -2.57. The minimum Gasteiger partial charge on any atom is -0.489 e. The molecule has 1 amide bonds. The summed E-state index contributed by atoms with van der Waals surface area (Å²) in [4.78, 5) is 28.3. The molecule has 0 saturated carbocycles. The number of piperazine rings is 1. The summed E-state index contributed by atoms with van der Waals surface area (Å²) in [6.45, 7) is 9.14. The number of fused-ring (bicyclic) bond motifs is 2. The highest BCUT2D eigenvalue weighted by molar-refractivity contribution is 9.10. The number of rotatable bonds is 4. The van der Waals surface area contributed by atoms with Gasteiger partial charge in [0.05, 0.1) is 22.0 Å². The van der Waals surface area contributed by atoms with Crippen LogP contribution >= 0.6 is 27.5 Å². The van der Waals surface area contributed by atoms with Crippen molar-refractivity contribution in [2.75, 3.05) is 63.6 Å². The number of carbonyl (C=O) groups excluding carboxylic acids is 1. The molecule has 2 aliphatic heterocycles. The lowest BCUT2D eigenvalue weighted by atomic mass is 10.1. The third-order valence-corrected chi connectivity index (χ3v) is 6.72. The number of carbonyl (C=O) groups is 1. The summed E-state index contributed by atoms with van der Waals surface area (Å²) >= 11 is 10.1. The van der Waals surface area contributed by atoms with Gasteiger partial charge in [-0.2, -0.15) is 4.98 Å². The Balaban J connectivity index is 1.68. The van der Waals surface area contributed by atoms with Crippen LogP contribution in [-0.2, 0) is 4.74 Å². The minimum atomic E-state index is -0.545. The predicted octanol–water partition coefficient (Wildman–Crippen LogP) is 3.84. The molecule has 1 fully saturated rings. The zero-order valence-corrected chi connectivity index (χ0v) is 22.0. The number of hydrogen-bond donors (Lipinski definition) is 1. The van der Waals surface area contributed by atoms with E-state index in [1.807, 2.05) is 40.9 Å². The van der Waals surface area contributed by atoms with Crippen molar-refractivity contribution in [1.82, 2.24) is 19.8 Å². The number of anilines is 2. The molecule has 0 bridgehead atoms. The van der Waals surface area contributed by atoms with Crippen molar-refractivity contribution in [2.45, 2.75) is 32.4 Å². The van der Waals surface area contributed by atoms with Crippen molar-refractivity contribution in [3.63, 3.8) is 0 Å². The standard InChI is InChI=1S/C22H30BrClN6O3/c1-22(2,3)33-21(31)29-8-9-30-13(11-29)12-32-18-16-15(10-14(23)17(18)24)26-20(27-19(16)30)25-6-7-28(4)5/h10,13H,6-9,11-12H2,1-5H3,(H,25,26,27)/t13-/m0/s1. The summed E-state index contributed by atoms with van der Waals surface area (Å²) in [5.41, 5.74) is 0.199. The molecule has 0 spiro atoms. The molecule has 180 valence electrons. The van der Waals surface area contributed by atoms with E-state index in [0.29, 0.717) is 54.0 Å². The highest BCUT2D eigenvalue weighted by Crippen LogP contribution is 2.45. The zero-order valence-electron chi connectivity index (χ0n) is 19.6. The molecule has 33 heavy (non-hydrogen) atoms. The average molecular weight is 542 g/mol. The molecule has 1 aromatic heterocycles. The van der Waals surface area contributed by atoms with Gasteiger partial charge < -0.3 is 29.5 Å². The van der Waals surface area contributed by atoms with Gasteiger partial charge >= 0.3 is 6.09 Å². The highest BCUT2D eigenvalue weighted by atomic mass is 79.9. The zero-order chi connectivity index (χ0) is 23.9. The Kier molecular flexibility index (Phi) is 6.80. The van der Waals surface area contributed by atoms with E-state index in [4.69, 9.17) is 31.0 Å². The topological polar surface area (TPSA) is 83.1 Å². The second kappa shape index (κ2) is 9.31. The quantitative estimate of drug-likeness (QED) is 0.625. The van der Waals surface area contributed by atoms with Crippen LogP contribution in [0.15, 0.2) is 10.5 Å². The predicted molar refractivity (Wildman–Crippen MR) is 134 cm³/mol. The molecule has 4 rings (SSSR count). The van der Waals surface area contributed by atoms with Crippen LogP contribution in [-0.4, -0.2) is 90.9 Å². The fourth-order valence-corrected chi connectivity index (χ4v) is 4.55. The fraction of sp³-hybridized carbons (Fsp3) is 0.591. The molecule has 11 heteroatoms. The smallest absolute Gasteiger partial charge is 0.410 e. The van der Waals surface area contributed by atoms with Crippen molar-refractivity contribution in [3.05, 3.63) is 15.6 Å². The van der Waals surface area contributed by atoms with E-state index >= 15 is 0 Å². The Bertz CT molecular complexity index is 1060. The summed E-state index contributed by atoms with van der Waals surface area (Å²) < 4.78 is 12.5. The van der Waals surface area contributed by atoms with Gasteiger partial charge in [0.25, 0.3) is 0 Å². The Morgan fingerprint density at radius 1 is 1.36 bits per heavy atom. The van der Waals surface area contributed by atoms with Crippen molar-refractivity contribution >= 4 is 56.3 Å². The molecule has 2 aromatic rings. The van der Waals surface area contributed by atoms with Gasteiger partial charge in [0.2, 0.25) is 5.95 Å². The van der Waals surface area contributed by atoms with Crippen LogP contribution in [0.25, 0.3) is 10.9 Å². The van der Waals surface area contributed by atoms with E-state index in [9.17, 15) is 4.79 Å². The van der Waals surface area contributed by atoms with Crippen LogP contribution in [0.5, 0.6) is 5.75 Å². The van der Waals surface area contributed by atoms with Crippen LogP contribution in [0.1, 0.15) is 20.8 Å². The number of halogens is 2. The first kappa shape index (κ1) is 24.1. The molecule has 1 atom stereocenters. The Hall–Kier alpha value is -2.04. The average Bonchev–Trinajstić information content (AvgIpc) is 2.88. The van der Waals surface area contributed by atoms with Gasteiger partial charge in [-0.25, -0.2) is 9.78 Å². The van der Waals surface area contributed by atoms with E-state index in [2.05, 4.69) is 31.0 Å². The molecule has 0 unspecified atom stereocenters. The number of hydrogen-bond acceptors (Lipinski definition) is 8. The Labute approximate surface area is 207 Å². The summed E-state index contributed by atoms with van der Waals surface area (Å²) in [5.74, 6) is 1.88. The van der Waals surface area contributed by atoms with Crippen LogP contribution in [0.3, 0.4) is 0 Å². The van der Waals surface area contributed by atoms with Crippen LogP contribution in [0.4, 0.5) is 16.6 Å². The number of ether oxygens (including phenoxy) is 2. The maximum Gasteiger partial charge on any atom is 0.410 e. The van der Waals surface area contributed by atoms with Crippen LogP contribution < -0.4 is 15.0 Å². The lowest BCUT2D eigenvalue weighted by molar-refractivity contribution is 0.0202. The number of likely N-dealkylation sites (N-methyl/N-ethyl adjacent to an activating group) is 1. The molecule has 9 nitrogen and oxygen atoms in total. The van der Waals surface area contributed by atoms with Crippen LogP contribution in [0, 0.1) is 0 Å². The first-order valence-electron chi connectivity index (χ1n) is 11.0. The van der Waals surface area contributed by atoms with E-state index < -0.39 is 5.60 Å². The van der Waals surface area contributed by atoms with E-state index in [-0.39, 0.29) is 12.1 Å². The summed E-state index contributed by atoms with van der Waals surface area (Å²) in [7, 11) is 4.04. The number of nitrogens with zero attached hydrogens (tertiary/aromatic N) is 5. The summed E-state index contributed by atoms with van der Waals surface area (Å²) in [6.07, 6.45) is -0.316. The van der Waals surface area contributed by atoms with Crippen molar-refractivity contribution in [2.24, 2.45) is 0 Å². The number of nitrogens with one attached hydrogen (secondary N) is 1. The molecular weight excluding hydrogens is 512 g/mol. The molecule has 1 saturated heterocycles. The van der Waals surface area contributed by atoms with Crippen molar-refractivity contribution in [1.29, 1.82) is 0 Å². The molecule has 3 heterocycles. The maximum atomic E-state index is 12.7. The third kappa shape index (κ3) is 5.22. The maximum absolute atomic E-state index is 12.7. The number of aromatic nitrogens is 2. The van der Waals surface area contributed by atoms with Gasteiger partial charge in [0.1, 0.15) is 18.0 Å². The summed E-state index contributed by atoms with van der Waals surface area (Å²) in [5, 5.41) is 4.60.